The van der Waals surface area contributed by atoms with Crippen molar-refractivity contribution in [1.29, 1.82) is 0 Å². The first-order valence-electron chi connectivity index (χ1n) is 10.9. The number of fused-ring (bicyclic) bond motifs is 2. The van der Waals surface area contributed by atoms with Gasteiger partial charge in [-0.05, 0) is 36.4 Å². The second-order valence-corrected chi connectivity index (χ2v) is 8.07. The Balaban J connectivity index is 1.73. The summed E-state index contributed by atoms with van der Waals surface area (Å²) in [4.78, 5) is 50.5. The number of nitrogens with one attached hydrogen (secondary N) is 2. The van der Waals surface area contributed by atoms with Gasteiger partial charge in [0.25, 0.3) is 0 Å². The standard InChI is InChI=1S/C28H18N2O6/c31-25-15-7-1-2-8-16(15)26(32)23-19(25)13-14-22(29-20-11-5-3-9-17(20)27(33)34)24(23)30-21-12-6-4-10-18(21)28(35)36/h1-14,29-30H,(H,33,34)(H,35,36). The molecular weight excluding hydrogens is 460 g/mol. The van der Waals surface area contributed by atoms with E-state index < -0.39 is 17.7 Å². The van der Waals surface area contributed by atoms with E-state index in [1.54, 1.807) is 66.7 Å². The Bertz CT molecular complexity index is 1590. The van der Waals surface area contributed by atoms with Crippen LogP contribution in [-0.4, -0.2) is 33.7 Å². The Kier molecular flexibility index (Phi) is 5.54. The minimum absolute atomic E-state index is 0.000134. The van der Waals surface area contributed by atoms with E-state index in [0.29, 0.717) is 5.69 Å². The third-order valence-electron chi connectivity index (χ3n) is 5.94. The van der Waals surface area contributed by atoms with Crippen molar-refractivity contribution in [3.05, 3.63) is 118 Å². The number of rotatable bonds is 6. The molecule has 5 rings (SSSR count). The largest absolute Gasteiger partial charge is 0.478 e. The number of hydrogen-bond acceptors (Lipinski definition) is 6. The van der Waals surface area contributed by atoms with Crippen LogP contribution in [0.3, 0.4) is 0 Å². The highest BCUT2D eigenvalue weighted by atomic mass is 16.4. The average Bonchev–Trinajstić information content (AvgIpc) is 2.88. The average molecular weight is 478 g/mol. The van der Waals surface area contributed by atoms with Crippen LogP contribution in [0.1, 0.15) is 52.6 Å². The molecule has 0 radical (unpaired) electrons. The van der Waals surface area contributed by atoms with Gasteiger partial charge in [-0.3, -0.25) is 9.59 Å². The van der Waals surface area contributed by atoms with Crippen LogP contribution in [0.25, 0.3) is 0 Å². The van der Waals surface area contributed by atoms with Crippen LogP contribution in [0.4, 0.5) is 22.7 Å². The van der Waals surface area contributed by atoms with E-state index in [9.17, 15) is 29.4 Å². The van der Waals surface area contributed by atoms with Gasteiger partial charge in [0.05, 0.1) is 39.4 Å². The van der Waals surface area contributed by atoms with Crippen LogP contribution >= 0.6 is 0 Å². The smallest absolute Gasteiger partial charge is 0.337 e. The Hall–Kier alpha value is -5.24. The normalized spacial score (nSPS) is 11.9. The fourth-order valence-corrected chi connectivity index (χ4v) is 4.26. The van der Waals surface area contributed by atoms with E-state index in [1.165, 1.54) is 18.2 Å². The monoisotopic (exact) mass is 478 g/mol. The summed E-state index contributed by atoms with van der Waals surface area (Å²) < 4.78 is 0. The van der Waals surface area contributed by atoms with Gasteiger partial charge in [0, 0.05) is 16.7 Å². The summed E-state index contributed by atoms with van der Waals surface area (Å²) in [6, 6.07) is 22.0. The Morgan fingerprint density at radius 1 is 0.528 bits per heavy atom. The quantitative estimate of drug-likeness (QED) is 0.257. The summed E-state index contributed by atoms with van der Waals surface area (Å²) in [5.41, 5.74) is 1.61. The molecule has 8 nitrogen and oxygen atoms in total. The molecule has 0 amide bonds. The van der Waals surface area contributed by atoms with Crippen molar-refractivity contribution in [2.45, 2.75) is 0 Å². The van der Waals surface area contributed by atoms with E-state index in [2.05, 4.69) is 10.6 Å². The van der Waals surface area contributed by atoms with Gasteiger partial charge < -0.3 is 20.8 Å². The lowest BCUT2D eigenvalue weighted by atomic mass is 9.82. The topological polar surface area (TPSA) is 133 Å². The van der Waals surface area contributed by atoms with Crippen molar-refractivity contribution >= 4 is 46.3 Å². The van der Waals surface area contributed by atoms with Gasteiger partial charge in [-0.2, -0.15) is 0 Å². The van der Waals surface area contributed by atoms with E-state index in [-0.39, 0.29) is 56.2 Å². The van der Waals surface area contributed by atoms with Crippen LogP contribution in [0, 0.1) is 0 Å². The van der Waals surface area contributed by atoms with Crippen molar-refractivity contribution in [2.24, 2.45) is 0 Å². The molecule has 0 unspecified atom stereocenters. The predicted molar refractivity (Wildman–Crippen MR) is 133 cm³/mol. The van der Waals surface area contributed by atoms with Gasteiger partial charge in [-0.1, -0.05) is 48.5 Å². The number of carbonyl (C=O) groups excluding carboxylic acids is 2. The molecule has 0 bridgehead atoms. The Labute approximate surface area is 204 Å². The molecule has 0 heterocycles. The molecular formula is C28H18N2O6. The maximum Gasteiger partial charge on any atom is 0.337 e. The first-order chi connectivity index (χ1) is 17.4. The van der Waals surface area contributed by atoms with Crippen LogP contribution in [-0.2, 0) is 0 Å². The number of aromatic carboxylic acids is 2. The molecule has 0 aliphatic heterocycles. The summed E-state index contributed by atoms with van der Waals surface area (Å²) in [5.74, 6) is -3.08. The van der Waals surface area contributed by atoms with Gasteiger partial charge in [0.2, 0.25) is 0 Å². The zero-order valence-electron chi connectivity index (χ0n) is 18.6. The lowest BCUT2D eigenvalue weighted by Gasteiger charge is -2.24. The van der Waals surface area contributed by atoms with Crippen LogP contribution < -0.4 is 10.6 Å². The first-order valence-corrected chi connectivity index (χ1v) is 10.9. The van der Waals surface area contributed by atoms with Crippen LogP contribution in [0.15, 0.2) is 84.9 Å². The Morgan fingerprint density at radius 2 is 1.03 bits per heavy atom. The zero-order valence-corrected chi connectivity index (χ0v) is 18.6. The molecule has 0 spiro atoms. The third-order valence-corrected chi connectivity index (χ3v) is 5.94. The first kappa shape index (κ1) is 22.5. The lowest BCUT2D eigenvalue weighted by molar-refractivity contribution is 0.0687. The molecule has 0 fully saturated rings. The number of anilines is 4. The van der Waals surface area contributed by atoms with Gasteiger partial charge in [-0.25, -0.2) is 9.59 Å². The second-order valence-electron chi connectivity index (χ2n) is 8.07. The number of hydrogen-bond donors (Lipinski definition) is 4. The lowest BCUT2D eigenvalue weighted by Crippen LogP contribution is -2.23. The number of benzene rings is 4. The number of ketones is 2. The molecule has 0 saturated heterocycles. The van der Waals surface area contributed by atoms with Gasteiger partial charge >= 0.3 is 11.9 Å². The number of carbonyl (C=O) groups is 4. The van der Waals surface area contributed by atoms with Crippen molar-refractivity contribution < 1.29 is 29.4 Å². The third kappa shape index (κ3) is 3.76. The molecule has 176 valence electrons. The Morgan fingerprint density at radius 3 is 1.61 bits per heavy atom. The minimum Gasteiger partial charge on any atom is -0.478 e. The fraction of sp³-hybridized carbons (Fsp3) is 0. The van der Waals surface area contributed by atoms with Crippen LogP contribution in [0.5, 0.6) is 0 Å². The maximum atomic E-state index is 13.6. The molecule has 0 aromatic heterocycles. The van der Waals surface area contributed by atoms with Crippen molar-refractivity contribution in [1.82, 2.24) is 0 Å². The molecule has 36 heavy (non-hydrogen) atoms. The van der Waals surface area contributed by atoms with Crippen LogP contribution in [0.2, 0.25) is 0 Å². The van der Waals surface area contributed by atoms with E-state index in [0.717, 1.165) is 0 Å². The molecule has 4 aromatic rings. The van der Waals surface area contributed by atoms with Gasteiger partial charge in [0.1, 0.15) is 0 Å². The van der Waals surface area contributed by atoms with Gasteiger partial charge in [-0.15, -0.1) is 0 Å². The van der Waals surface area contributed by atoms with Gasteiger partial charge in [0.15, 0.2) is 11.6 Å². The number of carboxylic acid groups (broad SMARTS) is 2. The second kappa shape index (κ2) is 8.84. The summed E-state index contributed by atoms with van der Waals surface area (Å²) in [7, 11) is 0. The highest BCUT2D eigenvalue weighted by Crippen LogP contribution is 2.40. The van der Waals surface area contributed by atoms with E-state index in [1.807, 2.05) is 0 Å². The summed E-state index contributed by atoms with van der Waals surface area (Å²) in [6.07, 6.45) is 0. The molecule has 1 aliphatic rings. The van der Waals surface area contributed by atoms with Crippen molar-refractivity contribution in [2.75, 3.05) is 10.6 Å². The molecule has 0 atom stereocenters. The van der Waals surface area contributed by atoms with Crippen molar-refractivity contribution in [3.63, 3.8) is 0 Å². The fourth-order valence-electron chi connectivity index (χ4n) is 4.26. The van der Waals surface area contributed by atoms with Crippen molar-refractivity contribution in [3.8, 4) is 0 Å². The maximum absolute atomic E-state index is 13.6. The van der Waals surface area contributed by atoms with E-state index in [4.69, 9.17) is 0 Å². The summed E-state index contributed by atoms with van der Waals surface area (Å²) >= 11 is 0. The highest BCUT2D eigenvalue weighted by Gasteiger charge is 2.33. The minimum atomic E-state index is -1.18. The number of para-hydroxylation sites is 2. The van der Waals surface area contributed by atoms with E-state index >= 15 is 0 Å². The molecule has 4 N–H and O–H groups in total. The molecule has 4 aromatic carbocycles. The molecule has 1 aliphatic carbocycles. The summed E-state index contributed by atoms with van der Waals surface area (Å²) in [6.45, 7) is 0. The summed E-state index contributed by atoms with van der Waals surface area (Å²) in [5, 5.41) is 25.4. The predicted octanol–water partition coefficient (Wildman–Crippen LogP) is 5.35. The molecule has 8 heteroatoms. The molecule has 0 saturated carbocycles. The SMILES string of the molecule is O=C(O)c1ccccc1Nc1ccc2c(c1Nc1ccccc1C(=O)O)C(=O)c1ccccc1C2=O. The zero-order chi connectivity index (χ0) is 25.4. The number of carboxylic acids is 2. The highest BCUT2D eigenvalue weighted by molar-refractivity contribution is 6.31.